The molecule has 3 amide bonds. The highest BCUT2D eigenvalue weighted by Crippen LogP contribution is 2.24. The molecular weight excluding hydrogens is 280 g/mol. The van der Waals surface area contributed by atoms with Crippen LogP contribution in [0.3, 0.4) is 0 Å². The first-order valence-electron chi connectivity index (χ1n) is 6.76. The van der Waals surface area contributed by atoms with Crippen LogP contribution in [0.4, 0.5) is 10.5 Å². The first kappa shape index (κ1) is 13.9. The molecule has 0 atom stereocenters. The van der Waals surface area contributed by atoms with E-state index in [4.69, 9.17) is 4.74 Å². The molecule has 0 saturated carbocycles. The molecule has 1 aliphatic heterocycles. The van der Waals surface area contributed by atoms with Gasteiger partial charge in [-0.05, 0) is 24.3 Å². The van der Waals surface area contributed by atoms with Gasteiger partial charge in [-0.15, -0.1) is 0 Å². The third-order valence-corrected chi connectivity index (χ3v) is 3.33. The summed E-state index contributed by atoms with van der Waals surface area (Å²) >= 11 is 0. The number of benzene rings is 2. The van der Waals surface area contributed by atoms with Gasteiger partial charge in [-0.1, -0.05) is 36.4 Å². The molecular formula is C17H14N2O3. The second-order valence-electron chi connectivity index (χ2n) is 4.71. The van der Waals surface area contributed by atoms with E-state index in [1.807, 2.05) is 24.3 Å². The summed E-state index contributed by atoms with van der Waals surface area (Å²) in [6.45, 7) is 0. The molecule has 1 heterocycles. The third kappa shape index (κ3) is 2.44. The molecule has 5 heteroatoms. The maximum absolute atomic E-state index is 12.5. The number of imide groups is 1. The van der Waals surface area contributed by atoms with Crippen molar-refractivity contribution < 1.29 is 14.3 Å². The van der Waals surface area contributed by atoms with Gasteiger partial charge in [-0.3, -0.25) is 4.79 Å². The predicted octanol–water partition coefficient (Wildman–Crippen LogP) is 2.79. The number of hydrogen-bond donors (Lipinski definition) is 1. The van der Waals surface area contributed by atoms with Gasteiger partial charge in [0.1, 0.15) is 11.4 Å². The molecule has 110 valence electrons. The van der Waals surface area contributed by atoms with Crippen LogP contribution in [0.2, 0.25) is 0 Å². The topological polar surface area (TPSA) is 58.6 Å². The van der Waals surface area contributed by atoms with E-state index in [1.54, 1.807) is 43.5 Å². The van der Waals surface area contributed by atoms with Crippen molar-refractivity contribution >= 4 is 23.7 Å². The van der Waals surface area contributed by atoms with Crippen LogP contribution in [-0.4, -0.2) is 19.0 Å². The Kier molecular flexibility index (Phi) is 3.62. The van der Waals surface area contributed by atoms with Gasteiger partial charge in [0.2, 0.25) is 0 Å². The van der Waals surface area contributed by atoms with Crippen molar-refractivity contribution in [3.05, 3.63) is 65.9 Å². The van der Waals surface area contributed by atoms with Gasteiger partial charge in [0.05, 0.1) is 12.8 Å². The molecule has 5 nitrogen and oxygen atoms in total. The first-order chi connectivity index (χ1) is 10.7. The van der Waals surface area contributed by atoms with E-state index in [0.29, 0.717) is 11.4 Å². The van der Waals surface area contributed by atoms with E-state index in [0.717, 1.165) is 10.5 Å². The van der Waals surface area contributed by atoms with Crippen molar-refractivity contribution in [1.29, 1.82) is 0 Å². The average Bonchev–Trinajstić information content (AvgIpc) is 2.83. The van der Waals surface area contributed by atoms with Gasteiger partial charge < -0.3 is 10.1 Å². The van der Waals surface area contributed by atoms with Crippen LogP contribution >= 0.6 is 0 Å². The molecule has 0 unspecified atom stereocenters. The Morgan fingerprint density at radius 3 is 2.41 bits per heavy atom. The number of anilines is 1. The lowest BCUT2D eigenvalue weighted by Crippen LogP contribution is -2.30. The predicted molar refractivity (Wildman–Crippen MR) is 83.4 cm³/mol. The molecule has 0 radical (unpaired) electrons. The van der Waals surface area contributed by atoms with E-state index in [2.05, 4.69) is 5.32 Å². The van der Waals surface area contributed by atoms with E-state index < -0.39 is 6.03 Å². The van der Waals surface area contributed by atoms with E-state index in [-0.39, 0.29) is 11.6 Å². The molecule has 3 rings (SSSR count). The van der Waals surface area contributed by atoms with Gasteiger partial charge in [0.15, 0.2) is 0 Å². The lowest BCUT2D eigenvalue weighted by Gasteiger charge is -2.10. The number of carbonyl (C=O) groups is 2. The molecule has 0 spiro atoms. The van der Waals surface area contributed by atoms with Gasteiger partial charge in [0.25, 0.3) is 5.91 Å². The third-order valence-electron chi connectivity index (χ3n) is 3.33. The number of ether oxygens (including phenoxy) is 1. The van der Waals surface area contributed by atoms with Crippen molar-refractivity contribution in [3.8, 4) is 5.75 Å². The number of hydrogen-bond acceptors (Lipinski definition) is 3. The fourth-order valence-electron chi connectivity index (χ4n) is 2.29. The summed E-state index contributed by atoms with van der Waals surface area (Å²) in [6.07, 6.45) is 1.61. The zero-order valence-corrected chi connectivity index (χ0v) is 11.9. The van der Waals surface area contributed by atoms with Crippen molar-refractivity contribution in [2.45, 2.75) is 0 Å². The van der Waals surface area contributed by atoms with Gasteiger partial charge >= 0.3 is 6.03 Å². The molecule has 2 aromatic rings. The normalized spacial score (nSPS) is 16.0. The zero-order chi connectivity index (χ0) is 15.5. The molecule has 2 aromatic carbocycles. The molecule has 1 fully saturated rings. The Morgan fingerprint density at radius 2 is 1.68 bits per heavy atom. The monoisotopic (exact) mass is 294 g/mol. The van der Waals surface area contributed by atoms with E-state index in [9.17, 15) is 9.59 Å². The highest BCUT2D eigenvalue weighted by atomic mass is 16.5. The summed E-state index contributed by atoms with van der Waals surface area (Å²) in [4.78, 5) is 25.6. The molecule has 1 saturated heterocycles. The number of methoxy groups -OCH3 is 1. The van der Waals surface area contributed by atoms with Gasteiger partial charge in [-0.25, -0.2) is 9.69 Å². The molecule has 22 heavy (non-hydrogen) atoms. The maximum atomic E-state index is 12.5. The summed E-state index contributed by atoms with van der Waals surface area (Å²) in [5, 5.41) is 2.60. The van der Waals surface area contributed by atoms with Gasteiger partial charge in [-0.2, -0.15) is 0 Å². The Labute approximate surface area is 127 Å². The van der Waals surface area contributed by atoms with Crippen LogP contribution in [0, 0.1) is 0 Å². The lowest BCUT2D eigenvalue weighted by molar-refractivity contribution is -0.113. The number of rotatable bonds is 3. The molecule has 1 aliphatic rings. The molecule has 0 bridgehead atoms. The first-order valence-corrected chi connectivity index (χ1v) is 6.76. The van der Waals surface area contributed by atoms with Crippen LogP contribution in [0.5, 0.6) is 5.75 Å². The number of carbonyl (C=O) groups excluding carboxylic acids is 2. The second-order valence-corrected chi connectivity index (χ2v) is 4.71. The molecule has 0 aromatic heterocycles. The Bertz CT molecular complexity index is 754. The SMILES string of the molecule is COc1ccccc1/C=C1/NC(=O)N(c2ccccc2)C1=O. The Hall–Kier alpha value is -3.08. The van der Waals surface area contributed by atoms with Crippen LogP contribution < -0.4 is 15.0 Å². The number of nitrogens with zero attached hydrogens (tertiary/aromatic N) is 1. The summed E-state index contributed by atoms with van der Waals surface area (Å²) in [5.74, 6) is 0.248. The van der Waals surface area contributed by atoms with Gasteiger partial charge in [0, 0.05) is 5.56 Å². The minimum absolute atomic E-state index is 0.221. The summed E-state index contributed by atoms with van der Waals surface area (Å²) in [5.41, 5.74) is 1.48. The summed E-state index contributed by atoms with van der Waals surface area (Å²) in [7, 11) is 1.56. The highest BCUT2D eigenvalue weighted by Gasteiger charge is 2.34. The number of nitrogens with one attached hydrogen (secondary N) is 1. The van der Waals surface area contributed by atoms with Crippen molar-refractivity contribution in [3.63, 3.8) is 0 Å². The van der Waals surface area contributed by atoms with Crippen molar-refractivity contribution in [2.24, 2.45) is 0 Å². The van der Waals surface area contributed by atoms with Crippen LogP contribution in [0.1, 0.15) is 5.56 Å². The van der Waals surface area contributed by atoms with E-state index in [1.165, 1.54) is 0 Å². The zero-order valence-electron chi connectivity index (χ0n) is 11.9. The van der Waals surface area contributed by atoms with E-state index >= 15 is 0 Å². The quantitative estimate of drug-likeness (QED) is 0.699. The molecule has 0 aliphatic carbocycles. The summed E-state index contributed by atoms with van der Waals surface area (Å²) < 4.78 is 5.25. The van der Waals surface area contributed by atoms with Crippen LogP contribution in [0.15, 0.2) is 60.3 Å². The number of para-hydroxylation sites is 2. The number of urea groups is 1. The van der Waals surface area contributed by atoms with Crippen molar-refractivity contribution in [1.82, 2.24) is 5.32 Å². The fraction of sp³-hybridized carbons (Fsp3) is 0.0588. The minimum atomic E-state index is -0.461. The average molecular weight is 294 g/mol. The summed E-state index contributed by atoms with van der Waals surface area (Å²) in [6, 6.07) is 15.6. The molecule has 1 N–H and O–H groups in total. The maximum Gasteiger partial charge on any atom is 0.333 e. The van der Waals surface area contributed by atoms with Crippen LogP contribution in [0.25, 0.3) is 6.08 Å². The fourth-order valence-corrected chi connectivity index (χ4v) is 2.29. The standard InChI is InChI=1S/C17H14N2O3/c1-22-15-10-6-5-7-12(15)11-14-16(20)19(17(21)18-14)13-8-3-2-4-9-13/h2-11H,1H3,(H,18,21)/b14-11+. The Balaban J connectivity index is 1.96. The smallest absolute Gasteiger partial charge is 0.333 e. The van der Waals surface area contributed by atoms with Crippen molar-refractivity contribution in [2.75, 3.05) is 12.0 Å². The number of amides is 3. The Morgan fingerprint density at radius 1 is 1.00 bits per heavy atom. The lowest BCUT2D eigenvalue weighted by atomic mass is 10.1. The highest BCUT2D eigenvalue weighted by molar-refractivity contribution is 6.28. The minimum Gasteiger partial charge on any atom is -0.496 e. The second kappa shape index (κ2) is 5.73. The van der Waals surface area contributed by atoms with Crippen LogP contribution in [-0.2, 0) is 4.79 Å². The largest absolute Gasteiger partial charge is 0.496 e.